The summed E-state index contributed by atoms with van der Waals surface area (Å²) in [6.45, 7) is 1.02. The first-order valence-electron chi connectivity index (χ1n) is 9.94. The van der Waals surface area contributed by atoms with Crippen LogP contribution in [0.25, 0.3) is 10.9 Å². The predicted molar refractivity (Wildman–Crippen MR) is 115 cm³/mol. The minimum Gasteiger partial charge on any atom is -0.497 e. The second kappa shape index (κ2) is 8.49. The van der Waals surface area contributed by atoms with E-state index in [0.717, 1.165) is 28.0 Å². The summed E-state index contributed by atoms with van der Waals surface area (Å²) in [5.74, 6) is 1.07. The summed E-state index contributed by atoms with van der Waals surface area (Å²) in [5, 5.41) is 3.98. The van der Waals surface area contributed by atoms with Gasteiger partial charge in [0.15, 0.2) is 0 Å². The number of H-pyrrole nitrogens is 1. The summed E-state index contributed by atoms with van der Waals surface area (Å²) in [6.07, 6.45) is 2.92. The summed E-state index contributed by atoms with van der Waals surface area (Å²) in [4.78, 5) is 30.1. The third kappa shape index (κ3) is 4.10. The van der Waals surface area contributed by atoms with Crippen molar-refractivity contribution in [1.29, 1.82) is 0 Å². The van der Waals surface area contributed by atoms with Crippen molar-refractivity contribution in [2.24, 2.45) is 5.92 Å². The summed E-state index contributed by atoms with van der Waals surface area (Å²) >= 11 is 0. The molecule has 1 aliphatic rings. The van der Waals surface area contributed by atoms with Crippen molar-refractivity contribution in [3.05, 3.63) is 54.2 Å². The molecule has 2 amide bonds. The molecule has 30 heavy (non-hydrogen) atoms. The number of nitrogens with one attached hydrogen (secondary N) is 2. The number of likely N-dealkylation sites (tertiary alicyclic amines) is 1. The normalized spacial score (nSPS) is 16.1. The fourth-order valence-corrected chi connectivity index (χ4v) is 3.83. The minimum atomic E-state index is -0.345. The highest BCUT2D eigenvalue weighted by Crippen LogP contribution is 2.26. The first kappa shape index (κ1) is 19.8. The van der Waals surface area contributed by atoms with Gasteiger partial charge in [-0.05, 0) is 54.4 Å². The monoisotopic (exact) mass is 407 g/mol. The van der Waals surface area contributed by atoms with Crippen LogP contribution in [-0.2, 0) is 16.0 Å². The van der Waals surface area contributed by atoms with Gasteiger partial charge in [-0.3, -0.25) is 9.59 Å². The molecule has 0 saturated carbocycles. The van der Waals surface area contributed by atoms with Crippen molar-refractivity contribution in [1.82, 2.24) is 9.88 Å². The fraction of sp³-hybridized carbons (Fsp3) is 0.304. The van der Waals surface area contributed by atoms with Crippen LogP contribution in [-0.4, -0.2) is 49.0 Å². The van der Waals surface area contributed by atoms with E-state index in [1.165, 1.54) is 0 Å². The molecule has 1 aromatic heterocycles. The highest BCUT2D eigenvalue weighted by molar-refractivity contribution is 5.97. The summed E-state index contributed by atoms with van der Waals surface area (Å²) in [5.41, 5.74) is 2.86. The number of nitrogens with zero attached hydrogens (tertiary/aromatic N) is 1. The molecule has 0 spiro atoms. The van der Waals surface area contributed by atoms with Crippen molar-refractivity contribution < 1.29 is 19.1 Å². The standard InChI is InChI=1S/C23H25N3O4/c1-29-18-5-3-17(4-6-18)25-23(28)16-11-22(27)26(14-16)10-9-15-13-24-21-8-7-19(30-2)12-20(15)21/h3-8,12-13,16,24H,9-11,14H2,1-2H3,(H,25,28)/t16-/m0/s1. The van der Waals surface area contributed by atoms with E-state index in [0.29, 0.717) is 25.2 Å². The van der Waals surface area contributed by atoms with E-state index in [2.05, 4.69) is 10.3 Å². The number of hydrogen-bond acceptors (Lipinski definition) is 4. The van der Waals surface area contributed by atoms with Crippen LogP contribution in [0.15, 0.2) is 48.7 Å². The number of carbonyl (C=O) groups excluding carboxylic acids is 2. The molecule has 2 heterocycles. The molecule has 0 aliphatic carbocycles. The van der Waals surface area contributed by atoms with Crippen molar-refractivity contribution in [3.63, 3.8) is 0 Å². The number of hydrogen-bond donors (Lipinski definition) is 2. The lowest BCUT2D eigenvalue weighted by molar-refractivity contribution is -0.128. The van der Waals surface area contributed by atoms with Gasteiger partial charge in [0.05, 0.1) is 20.1 Å². The first-order chi connectivity index (χ1) is 14.6. The SMILES string of the molecule is COc1ccc(NC(=O)[C@H]2CC(=O)N(CCc3c[nH]c4ccc(OC)cc34)C2)cc1. The number of methoxy groups -OCH3 is 2. The largest absolute Gasteiger partial charge is 0.497 e. The number of fused-ring (bicyclic) bond motifs is 1. The first-order valence-corrected chi connectivity index (χ1v) is 9.94. The van der Waals surface area contributed by atoms with E-state index in [1.807, 2.05) is 24.4 Å². The number of rotatable bonds is 7. The number of aromatic amines is 1. The highest BCUT2D eigenvalue weighted by atomic mass is 16.5. The van der Waals surface area contributed by atoms with Crippen LogP contribution in [0.2, 0.25) is 0 Å². The number of amides is 2. The van der Waals surface area contributed by atoms with Crippen LogP contribution in [0.5, 0.6) is 11.5 Å². The van der Waals surface area contributed by atoms with E-state index >= 15 is 0 Å². The zero-order chi connectivity index (χ0) is 21.1. The van der Waals surface area contributed by atoms with E-state index in [4.69, 9.17) is 9.47 Å². The third-order valence-electron chi connectivity index (χ3n) is 5.57. The Labute approximate surface area is 175 Å². The summed E-state index contributed by atoms with van der Waals surface area (Å²) in [7, 11) is 3.24. The smallest absolute Gasteiger partial charge is 0.229 e. The lowest BCUT2D eigenvalue weighted by Crippen LogP contribution is -2.30. The van der Waals surface area contributed by atoms with E-state index < -0.39 is 0 Å². The van der Waals surface area contributed by atoms with E-state index in [9.17, 15) is 9.59 Å². The molecule has 7 nitrogen and oxygen atoms in total. The predicted octanol–water partition coefficient (Wildman–Crippen LogP) is 3.21. The molecule has 1 saturated heterocycles. The number of anilines is 1. The van der Waals surface area contributed by atoms with Gasteiger partial charge in [-0.25, -0.2) is 0 Å². The Kier molecular flexibility index (Phi) is 5.61. The van der Waals surface area contributed by atoms with Gasteiger partial charge < -0.3 is 24.7 Å². The zero-order valence-corrected chi connectivity index (χ0v) is 17.1. The maximum atomic E-state index is 12.6. The van der Waals surface area contributed by atoms with Gasteiger partial charge in [0.25, 0.3) is 0 Å². The Balaban J connectivity index is 1.36. The summed E-state index contributed by atoms with van der Waals surface area (Å²) in [6, 6.07) is 13.1. The molecule has 156 valence electrons. The topological polar surface area (TPSA) is 83.7 Å². The number of carbonyl (C=O) groups is 2. The number of ether oxygens (including phenoxy) is 2. The molecule has 0 unspecified atom stereocenters. The van der Waals surface area contributed by atoms with Gasteiger partial charge in [0.2, 0.25) is 11.8 Å². The average molecular weight is 407 g/mol. The van der Waals surface area contributed by atoms with Crippen molar-refractivity contribution in [3.8, 4) is 11.5 Å². The van der Waals surface area contributed by atoms with Crippen molar-refractivity contribution in [2.75, 3.05) is 32.6 Å². The molecule has 1 fully saturated rings. The molecule has 1 aliphatic heterocycles. The van der Waals surface area contributed by atoms with E-state index in [1.54, 1.807) is 43.4 Å². The molecule has 2 aromatic carbocycles. The Morgan fingerprint density at radius 1 is 1.13 bits per heavy atom. The van der Waals surface area contributed by atoms with Crippen LogP contribution in [0, 0.1) is 5.92 Å². The van der Waals surface area contributed by atoms with E-state index in [-0.39, 0.29) is 24.2 Å². The molecule has 0 radical (unpaired) electrons. The number of benzene rings is 2. The van der Waals surface area contributed by atoms with Crippen molar-refractivity contribution in [2.45, 2.75) is 12.8 Å². The summed E-state index contributed by atoms with van der Waals surface area (Å²) < 4.78 is 10.4. The second-order valence-electron chi connectivity index (χ2n) is 7.43. The van der Waals surface area contributed by atoms with Crippen LogP contribution >= 0.6 is 0 Å². The Hall–Kier alpha value is -3.48. The molecular formula is C23H25N3O4. The Morgan fingerprint density at radius 2 is 1.87 bits per heavy atom. The van der Waals surface area contributed by atoms with Gasteiger partial charge in [-0.2, -0.15) is 0 Å². The van der Waals surface area contributed by atoms with Crippen LogP contribution in [0.4, 0.5) is 5.69 Å². The molecule has 0 bridgehead atoms. The second-order valence-corrected chi connectivity index (χ2v) is 7.43. The molecular weight excluding hydrogens is 382 g/mol. The lowest BCUT2D eigenvalue weighted by Gasteiger charge is -2.16. The van der Waals surface area contributed by atoms with Crippen LogP contribution in [0.1, 0.15) is 12.0 Å². The van der Waals surface area contributed by atoms with Crippen LogP contribution < -0.4 is 14.8 Å². The molecule has 4 rings (SSSR count). The quantitative estimate of drug-likeness (QED) is 0.630. The third-order valence-corrected chi connectivity index (χ3v) is 5.57. The molecule has 1 atom stereocenters. The van der Waals surface area contributed by atoms with Gasteiger partial charge in [-0.1, -0.05) is 0 Å². The molecule has 7 heteroatoms. The lowest BCUT2D eigenvalue weighted by atomic mass is 10.1. The van der Waals surface area contributed by atoms with Gasteiger partial charge in [0.1, 0.15) is 11.5 Å². The Morgan fingerprint density at radius 3 is 2.60 bits per heavy atom. The van der Waals surface area contributed by atoms with Crippen molar-refractivity contribution >= 4 is 28.4 Å². The van der Waals surface area contributed by atoms with Gasteiger partial charge in [-0.15, -0.1) is 0 Å². The maximum Gasteiger partial charge on any atom is 0.229 e. The maximum absolute atomic E-state index is 12.6. The highest BCUT2D eigenvalue weighted by Gasteiger charge is 2.34. The number of aromatic nitrogens is 1. The average Bonchev–Trinajstić information content (AvgIpc) is 3.35. The van der Waals surface area contributed by atoms with Gasteiger partial charge >= 0.3 is 0 Å². The molecule has 3 aromatic rings. The molecule has 2 N–H and O–H groups in total. The minimum absolute atomic E-state index is 0.0160. The Bertz CT molecular complexity index is 1060. The zero-order valence-electron chi connectivity index (χ0n) is 17.1. The van der Waals surface area contributed by atoms with Gasteiger partial charge in [0, 0.05) is 42.3 Å². The fourth-order valence-electron chi connectivity index (χ4n) is 3.83. The van der Waals surface area contributed by atoms with Crippen LogP contribution in [0.3, 0.4) is 0 Å².